The predicted molar refractivity (Wildman–Crippen MR) is 82.9 cm³/mol. The third-order valence-electron chi connectivity index (χ3n) is 3.56. The zero-order valence-electron chi connectivity index (χ0n) is 12.4. The molecule has 0 saturated heterocycles. The number of anilines is 1. The van der Waals surface area contributed by atoms with Gasteiger partial charge in [0.15, 0.2) is 0 Å². The van der Waals surface area contributed by atoms with Crippen molar-refractivity contribution in [3.63, 3.8) is 0 Å². The van der Waals surface area contributed by atoms with Gasteiger partial charge in [-0.1, -0.05) is 6.07 Å². The third-order valence-corrected chi connectivity index (χ3v) is 3.56. The fraction of sp³-hybridized carbons (Fsp3) is 0.375. The summed E-state index contributed by atoms with van der Waals surface area (Å²) in [6.45, 7) is 3.08. The molecule has 0 aliphatic carbocycles. The molecule has 0 saturated carbocycles. The molecule has 2 heterocycles. The van der Waals surface area contributed by atoms with Crippen LogP contribution in [0.5, 0.6) is 0 Å². The molecule has 20 heavy (non-hydrogen) atoms. The Hall–Kier alpha value is -1.94. The molecule has 0 aliphatic heterocycles. The van der Waals surface area contributed by atoms with Gasteiger partial charge in [-0.05, 0) is 44.2 Å². The summed E-state index contributed by atoms with van der Waals surface area (Å²) in [4.78, 5) is 10.8. The van der Waals surface area contributed by atoms with Crippen LogP contribution in [0, 0.1) is 0 Å². The van der Waals surface area contributed by atoms with Crippen LogP contribution in [0.15, 0.2) is 42.9 Å². The van der Waals surface area contributed by atoms with Crippen molar-refractivity contribution in [1.29, 1.82) is 0 Å². The largest absolute Gasteiger partial charge is 0.359 e. The first-order valence-corrected chi connectivity index (χ1v) is 6.94. The van der Waals surface area contributed by atoms with Gasteiger partial charge in [0.05, 0.1) is 0 Å². The normalized spacial score (nSPS) is 12.2. The van der Waals surface area contributed by atoms with Crippen molar-refractivity contribution in [2.45, 2.75) is 19.4 Å². The highest BCUT2D eigenvalue weighted by Gasteiger charge is 2.12. The highest BCUT2D eigenvalue weighted by molar-refractivity contribution is 5.47. The Bertz CT molecular complexity index is 527. The molecule has 2 rings (SSSR count). The fourth-order valence-electron chi connectivity index (χ4n) is 2.17. The first kappa shape index (κ1) is 14.5. The number of aromatic nitrogens is 2. The summed E-state index contributed by atoms with van der Waals surface area (Å²) in [5.41, 5.74) is 2.53. The molecule has 0 spiro atoms. The Morgan fingerprint density at radius 1 is 1.20 bits per heavy atom. The van der Waals surface area contributed by atoms with Crippen molar-refractivity contribution >= 4 is 5.82 Å². The maximum absolute atomic E-state index is 4.53. The summed E-state index contributed by atoms with van der Waals surface area (Å²) in [6, 6.07) is 8.53. The van der Waals surface area contributed by atoms with Crippen molar-refractivity contribution < 1.29 is 0 Å². The molecule has 2 aromatic rings. The lowest BCUT2D eigenvalue weighted by Gasteiger charge is -2.23. The van der Waals surface area contributed by atoms with E-state index in [2.05, 4.69) is 52.4 Å². The Labute approximate surface area is 120 Å². The van der Waals surface area contributed by atoms with Crippen LogP contribution in [0.2, 0.25) is 0 Å². The van der Waals surface area contributed by atoms with Crippen LogP contribution in [-0.4, -0.2) is 30.6 Å². The van der Waals surface area contributed by atoms with E-state index in [9.17, 15) is 0 Å². The molecule has 1 atom stereocenters. The molecular weight excluding hydrogens is 248 g/mol. The van der Waals surface area contributed by atoms with Crippen LogP contribution < -0.4 is 10.2 Å². The van der Waals surface area contributed by atoms with Gasteiger partial charge in [0, 0.05) is 43.8 Å². The SMILES string of the molecule is CNC(C)c1cccnc1N(C)CCc1ccncc1. The number of pyridine rings is 2. The van der Waals surface area contributed by atoms with Gasteiger partial charge in [-0.25, -0.2) is 4.98 Å². The first-order chi connectivity index (χ1) is 9.72. The minimum atomic E-state index is 0.294. The summed E-state index contributed by atoms with van der Waals surface area (Å²) in [6.07, 6.45) is 6.52. The van der Waals surface area contributed by atoms with Crippen LogP contribution >= 0.6 is 0 Å². The smallest absolute Gasteiger partial charge is 0.133 e. The lowest BCUT2D eigenvalue weighted by molar-refractivity contribution is 0.646. The van der Waals surface area contributed by atoms with E-state index >= 15 is 0 Å². The molecule has 0 aliphatic rings. The maximum Gasteiger partial charge on any atom is 0.133 e. The van der Waals surface area contributed by atoms with Gasteiger partial charge in [0.2, 0.25) is 0 Å². The second-order valence-corrected chi connectivity index (χ2v) is 4.95. The molecular formula is C16H22N4. The number of rotatable bonds is 6. The highest BCUT2D eigenvalue weighted by atomic mass is 15.2. The van der Waals surface area contributed by atoms with Crippen LogP contribution in [-0.2, 0) is 6.42 Å². The zero-order valence-corrected chi connectivity index (χ0v) is 12.4. The molecule has 0 amide bonds. The molecule has 1 N–H and O–H groups in total. The number of likely N-dealkylation sites (N-methyl/N-ethyl adjacent to an activating group) is 1. The van der Waals surface area contributed by atoms with E-state index in [4.69, 9.17) is 0 Å². The average Bonchev–Trinajstić information content (AvgIpc) is 2.52. The number of hydrogen-bond acceptors (Lipinski definition) is 4. The van der Waals surface area contributed by atoms with E-state index < -0.39 is 0 Å². The molecule has 0 aromatic carbocycles. The number of nitrogens with one attached hydrogen (secondary N) is 1. The summed E-state index contributed by atoms with van der Waals surface area (Å²) in [5.74, 6) is 1.04. The highest BCUT2D eigenvalue weighted by Crippen LogP contribution is 2.22. The molecule has 106 valence electrons. The third kappa shape index (κ3) is 3.54. The summed E-state index contributed by atoms with van der Waals surface area (Å²) >= 11 is 0. The van der Waals surface area contributed by atoms with Crippen molar-refractivity contribution in [3.8, 4) is 0 Å². The Morgan fingerprint density at radius 3 is 2.65 bits per heavy atom. The van der Waals surface area contributed by atoms with Crippen molar-refractivity contribution in [1.82, 2.24) is 15.3 Å². The van der Waals surface area contributed by atoms with Crippen LogP contribution in [0.25, 0.3) is 0 Å². The summed E-state index contributed by atoms with van der Waals surface area (Å²) < 4.78 is 0. The van der Waals surface area contributed by atoms with Gasteiger partial charge in [-0.2, -0.15) is 0 Å². The van der Waals surface area contributed by atoms with E-state index in [1.807, 2.05) is 31.7 Å². The topological polar surface area (TPSA) is 41.1 Å². The zero-order chi connectivity index (χ0) is 14.4. The van der Waals surface area contributed by atoms with Crippen LogP contribution in [0.3, 0.4) is 0 Å². The predicted octanol–water partition coefficient (Wildman–Crippen LogP) is 2.44. The quantitative estimate of drug-likeness (QED) is 0.875. The molecule has 0 radical (unpaired) electrons. The molecule has 2 aromatic heterocycles. The van der Waals surface area contributed by atoms with Gasteiger partial charge in [-0.3, -0.25) is 4.98 Å². The van der Waals surface area contributed by atoms with Crippen molar-refractivity contribution in [2.24, 2.45) is 0 Å². The van der Waals surface area contributed by atoms with Crippen molar-refractivity contribution in [3.05, 3.63) is 54.0 Å². The fourth-order valence-corrected chi connectivity index (χ4v) is 2.17. The second-order valence-electron chi connectivity index (χ2n) is 4.95. The first-order valence-electron chi connectivity index (χ1n) is 6.94. The minimum Gasteiger partial charge on any atom is -0.359 e. The lowest BCUT2D eigenvalue weighted by atomic mass is 10.1. The van der Waals surface area contributed by atoms with Gasteiger partial charge in [0.1, 0.15) is 5.82 Å². The molecule has 4 heteroatoms. The van der Waals surface area contributed by atoms with Gasteiger partial charge in [0.25, 0.3) is 0 Å². The lowest BCUT2D eigenvalue weighted by Crippen LogP contribution is -2.25. The molecule has 0 fully saturated rings. The standard InChI is InChI=1S/C16H22N4/c1-13(17-2)15-5-4-9-19-16(15)20(3)12-8-14-6-10-18-11-7-14/h4-7,9-11,13,17H,8,12H2,1-3H3. The second kappa shape index (κ2) is 7.01. The molecule has 0 bridgehead atoms. The van der Waals surface area contributed by atoms with E-state index in [-0.39, 0.29) is 0 Å². The van der Waals surface area contributed by atoms with Crippen LogP contribution in [0.1, 0.15) is 24.1 Å². The number of hydrogen-bond donors (Lipinski definition) is 1. The minimum absolute atomic E-state index is 0.294. The van der Waals surface area contributed by atoms with Crippen molar-refractivity contribution in [2.75, 3.05) is 25.5 Å². The Morgan fingerprint density at radius 2 is 1.95 bits per heavy atom. The van der Waals surface area contributed by atoms with E-state index in [0.29, 0.717) is 6.04 Å². The van der Waals surface area contributed by atoms with Gasteiger partial charge >= 0.3 is 0 Å². The number of nitrogens with zero attached hydrogens (tertiary/aromatic N) is 3. The monoisotopic (exact) mass is 270 g/mol. The maximum atomic E-state index is 4.53. The van der Waals surface area contributed by atoms with E-state index in [1.165, 1.54) is 11.1 Å². The van der Waals surface area contributed by atoms with E-state index in [0.717, 1.165) is 18.8 Å². The Kier molecular flexibility index (Phi) is 5.07. The Balaban J connectivity index is 2.07. The van der Waals surface area contributed by atoms with Gasteiger partial charge < -0.3 is 10.2 Å². The van der Waals surface area contributed by atoms with Crippen LogP contribution in [0.4, 0.5) is 5.82 Å². The van der Waals surface area contributed by atoms with Gasteiger partial charge in [-0.15, -0.1) is 0 Å². The molecule has 1 unspecified atom stereocenters. The average molecular weight is 270 g/mol. The summed E-state index contributed by atoms with van der Waals surface area (Å²) in [5, 5.41) is 3.28. The summed E-state index contributed by atoms with van der Waals surface area (Å²) in [7, 11) is 4.06. The van der Waals surface area contributed by atoms with E-state index in [1.54, 1.807) is 0 Å². The molecule has 4 nitrogen and oxygen atoms in total.